The van der Waals surface area contributed by atoms with Gasteiger partial charge in [-0.25, -0.2) is 9.97 Å². The lowest BCUT2D eigenvalue weighted by Gasteiger charge is -2.05. The van der Waals surface area contributed by atoms with Crippen LogP contribution in [0.5, 0.6) is 5.75 Å². The zero-order valence-corrected chi connectivity index (χ0v) is 10.3. The van der Waals surface area contributed by atoms with Crippen molar-refractivity contribution in [3.63, 3.8) is 0 Å². The molecule has 0 atom stereocenters. The molecule has 0 saturated carbocycles. The summed E-state index contributed by atoms with van der Waals surface area (Å²) in [4.78, 5) is 12.3. The number of methoxy groups -OCH3 is 1. The molecule has 0 fully saturated rings. The lowest BCUT2D eigenvalue weighted by atomic mass is 10.1. The summed E-state index contributed by atoms with van der Waals surface area (Å²) in [6.45, 7) is 0.713. The van der Waals surface area contributed by atoms with Crippen LogP contribution in [0.15, 0.2) is 47.8 Å². The van der Waals surface area contributed by atoms with E-state index in [0.717, 1.165) is 17.9 Å². The molecule has 0 unspecified atom stereocenters. The second kappa shape index (κ2) is 6.49. The van der Waals surface area contributed by atoms with Crippen LogP contribution in [0.1, 0.15) is 11.3 Å². The Morgan fingerprint density at radius 3 is 2.94 bits per heavy atom. The first-order valence-electron chi connectivity index (χ1n) is 5.78. The highest BCUT2D eigenvalue weighted by atomic mass is 16.5. The Balaban J connectivity index is 1.91. The van der Waals surface area contributed by atoms with Gasteiger partial charge >= 0.3 is 0 Å². The van der Waals surface area contributed by atoms with Gasteiger partial charge < -0.3 is 4.74 Å². The summed E-state index contributed by atoms with van der Waals surface area (Å²) in [5.74, 6) is 0.912. The molecule has 1 aromatic heterocycles. The Morgan fingerprint density at radius 2 is 2.17 bits per heavy atom. The highest BCUT2D eigenvalue weighted by molar-refractivity contribution is 5.76. The highest BCUT2D eigenvalue weighted by Crippen LogP contribution is 2.17. The summed E-state index contributed by atoms with van der Waals surface area (Å²) in [6, 6.07) is 9.81. The lowest BCUT2D eigenvalue weighted by molar-refractivity contribution is 0.410. The number of para-hydroxylation sites is 1. The normalized spacial score (nSPS) is 10.7. The number of benzene rings is 1. The van der Waals surface area contributed by atoms with Gasteiger partial charge in [0.2, 0.25) is 0 Å². The average Bonchev–Trinajstić information content (AvgIpc) is 2.45. The molecule has 2 rings (SSSR count). The molecule has 92 valence electrons. The van der Waals surface area contributed by atoms with Crippen molar-refractivity contribution in [3.05, 3.63) is 54.1 Å². The predicted octanol–water partition coefficient (Wildman–Crippen LogP) is 2.15. The molecular weight excluding hydrogens is 226 g/mol. The number of ether oxygens (including phenoxy) is 1. The summed E-state index contributed by atoms with van der Waals surface area (Å²) in [5.41, 5.74) is 1.99. The van der Waals surface area contributed by atoms with Crippen LogP contribution in [-0.4, -0.2) is 29.8 Å². The second-order valence-electron chi connectivity index (χ2n) is 3.73. The molecule has 0 aliphatic heterocycles. The Hall–Kier alpha value is -2.23. The van der Waals surface area contributed by atoms with Crippen molar-refractivity contribution >= 4 is 6.21 Å². The van der Waals surface area contributed by atoms with E-state index in [1.807, 2.05) is 24.3 Å². The van der Waals surface area contributed by atoms with Crippen LogP contribution in [0.25, 0.3) is 0 Å². The molecule has 0 aliphatic rings. The molecule has 2 aromatic rings. The van der Waals surface area contributed by atoms with E-state index in [2.05, 4.69) is 21.0 Å². The molecule has 0 aliphatic carbocycles. The average molecular weight is 241 g/mol. The smallest absolute Gasteiger partial charge is 0.122 e. The largest absolute Gasteiger partial charge is 0.496 e. The van der Waals surface area contributed by atoms with Gasteiger partial charge in [0.25, 0.3) is 0 Å². The Kier molecular flexibility index (Phi) is 4.41. The van der Waals surface area contributed by atoms with E-state index < -0.39 is 0 Å². The van der Waals surface area contributed by atoms with Crippen molar-refractivity contribution in [1.29, 1.82) is 0 Å². The van der Waals surface area contributed by atoms with E-state index >= 15 is 0 Å². The molecule has 1 heterocycles. The number of hydrogen-bond acceptors (Lipinski definition) is 4. The minimum atomic E-state index is 0.713. The van der Waals surface area contributed by atoms with Crippen molar-refractivity contribution in [2.24, 2.45) is 4.99 Å². The minimum absolute atomic E-state index is 0.713. The summed E-state index contributed by atoms with van der Waals surface area (Å²) in [5, 5.41) is 0. The SMILES string of the molecule is COc1ccccc1CCN=Cc1ccncn1. The van der Waals surface area contributed by atoms with Gasteiger partial charge in [0.15, 0.2) is 0 Å². The predicted molar refractivity (Wildman–Crippen MR) is 71.2 cm³/mol. The standard InChI is InChI=1S/C14H15N3O/c1-18-14-5-3-2-4-12(14)6-8-15-10-13-7-9-16-11-17-13/h2-5,7,9-11H,6,8H2,1H3. The zero-order chi connectivity index (χ0) is 12.6. The van der Waals surface area contributed by atoms with E-state index in [9.17, 15) is 0 Å². The van der Waals surface area contributed by atoms with Gasteiger partial charge in [0.1, 0.15) is 12.1 Å². The maximum Gasteiger partial charge on any atom is 0.122 e. The van der Waals surface area contributed by atoms with Gasteiger partial charge in [-0.15, -0.1) is 0 Å². The Bertz CT molecular complexity index is 511. The number of nitrogens with zero attached hydrogens (tertiary/aromatic N) is 3. The molecule has 0 radical (unpaired) electrons. The van der Waals surface area contributed by atoms with Crippen LogP contribution in [0, 0.1) is 0 Å². The van der Waals surface area contributed by atoms with E-state index in [0.29, 0.717) is 6.54 Å². The van der Waals surface area contributed by atoms with Crippen LogP contribution >= 0.6 is 0 Å². The van der Waals surface area contributed by atoms with Gasteiger partial charge in [-0.3, -0.25) is 4.99 Å². The first kappa shape index (κ1) is 12.2. The van der Waals surface area contributed by atoms with E-state index in [1.54, 1.807) is 19.5 Å². The summed E-state index contributed by atoms with van der Waals surface area (Å²) >= 11 is 0. The number of rotatable bonds is 5. The van der Waals surface area contributed by atoms with Gasteiger partial charge in [-0.2, -0.15) is 0 Å². The molecule has 4 heteroatoms. The molecule has 0 N–H and O–H groups in total. The summed E-state index contributed by atoms with van der Waals surface area (Å²) in [7, 11) is 1.68. The van der Waals surface area contributed by atoms with Crippen molar-refractivity contribution < 1.29 is 4.74 Å². The van der Waals surface area contributed by atoms with Crippen molar-refractivity contribution in [2.75, 3.05) is 13.7 Å². The number of aromatic nitrogens is 2. The molecule has 1 aromatic carbocycles. The van der Waals surface area contributed by atoms with E-state index in [1.165, 1.54) is 11.9 Å². The maximum absolute atomic E-state index is 5.29. The maximum atomic E-state index is 5.29. The summed E-state index contributed by atoms with van der Waals surface area (Å²) < 4.78 is 5.29. The fourth-order valence-corrected chi connectivity index (χ4v) is 1.63. The fraction of sp³-hybridized carbons (Fsp3) is 0.214. The van der Waals surface area contributed by atoms with Gasteiger partial charge in [0.05, 0.1) is 12.8 Å². The molecular formula is C14H15N3O. The van der Waals surface area contributed by atoms with Crippen LogP contribution < -0.4 is 4.74 Å². The third kappa shape index (κ3) is 3.38. The fourth-order valence-electron chi connectivity index (χ4n) is 1.63. The monoisotopic (exact) mass is 241 g/mol. The second-order valence-corrected chi connectivity index (χ2v) is 3.73. The third-order valence-electron chi connectivity index (χ3n) is 2.53. The van der Waals surface area contributed by atoms with Crippen LogP contribution in [0.4, 0.5) is 0 Å². The topological polar surface area (TPSA) is 47.4 Å². The quantitative estimate of drug-likeness (QED) is 0.753. The number of aliphatic imine (C=N–C) groups is 1. The first-order valence-corrected chi connectivity index (χ1v) is 5.78. The summed E-state index contributed by atoms with van der Waals surface area (Å²) in [6.07, 6.45) is 5.83. The molecule has 0 bridgehead atoms. The van der Waals surface area contributed by atoms with Crippen LogP contribution in [-0.2, 0) is 6.42 Å². The van der Waals surface area contributed by atoms with Crippen molar-refractivity contribution in [3.8, 4) is 5.75 Å². The van der Waals surface area contributed by atoms with Gasteiger partial charge in [0, 0.05) is 19.0 Å². The Morgan fingerprint density at radius 1 is 1.28 bits per heavy atom. The Labute approximate surface area is 106 Å². The highest BCUT2D eigenvalue weighted by Gasteiger charge is 1.99. The van der Waals surface area contributed by atoms with Gasteiger partial charge in [-0.1, -0.05) is 18.2 Å². The van der Waals surface area contributed by atoms with Crippen LogP contribution in [0.2, 0.25) is 0 Å². The first-order chi connectivity index (χ1) is 8.90. The molecule has 18 heavy (non-hydrogen) atoms. The van der Waals surface area contributed by atoms with E-state index in [-0.39, 0.29) is 0 Å². The number of hydrogen-bond donors (Lipinski definition) is 0. The molecule has 0 saturated heterocycles. The third-order valence-corrected chi connectivity index (χ3v) is 2.53. The van der Waals surface area contributed by atoms with Crippen molar-refractivity contribution in [1.82, 2.24) is 9.97 Å². The lowest BCUT2D eigenvalue weighted by Crippen LogP contribution is -1.95. The van der Waals surface area contributed by atoms with Crippen LogP contribution in [0.3, 0.4) is 0 Å². The zero-order valence-electron chi connectivity index (χ0n) is 10.3. The molecule has 4 nitrogen and oxygen atoms in total. The minimum Gasteiger partial charge on any atom is -0.496 e. The van der Waals surface area contributed by atoms with E-state index in [4.69, 9.17) is 4.74 Å². The van der Waals surface area contributed by atoms with Gasteiger partial charge in [-0.05, 0) is 24.1 Å². The molecule has 0 spiro atoms. The van der Waals surface area contributed by atoms with Crippen molar-refractivity contribution in [2.45, 2.75) is 6.42 Å². The molecule has 0 amide bonds.